The predicted molar refractivity (Wildman–Crippen MR) is 124 cm³/mol. The molecule has 0 spiro atoms. The first-order valence-corrected chi connectivity index (χ1v) is 13.3. The number of nitrogens with one attached hydrogen (secondary N) is 1. The summed E-state index contributed by atoms with van der Waals surface area (Å²) in [5.41, 5.74) is 0.624. The smallest absolute Gasteiger partial charge is 0.255 e. The summed E-state index contributed by atoms with van der Waals surface area (Å²) in [4.78, 5) is 27.2. The molecule has 166 valence electrons. The van der Waals surface area contributed by atoms with E-state index in [1.54, 1.807) is 40.6 Å². The third-order valence-electron chi connectivity index (χ3n) is 5.95. The second-order valence-electron chi connectivity index (χ2n) is 7.96. The van der Waals surface area contributed by atoms with Crippen molar-refractivity contribution in [3.05, 3.63) is 41.7 Å². The van der Waals surface area contributed by atoms with Gasteiger partial charge in [-0.25, -0.2) is 0 Å². The maximum atomic E-state index is 12.8. The molecule has 2 amide bonds. The molecule has 1 saturated carbocycles. The van der Waals surface area contributed by atoms with E-state index in [9.17, 15) is 9.59 Å². The number of carbonyl (C=O) groups is 2. The minimum absolute atomic E-state index is 0.0728. The van der Waals surface area contributed by atoms with E-state index in [1.807, 2.05) is 24.5 Å². The molecule has 1 aromatic heterocycles. The minimum atomic E-state index is -0.414. The molecule has 2 fully saturated rings. The summed E-state index contributed by atoms with van der Waals surface area (Å²) in [5, 5.41) is 12.8. The lowest BCUT2D eigenvalue weighted by Gasteiger charge is -2.23. The number of aryl methyl sites for hydroxylation is 1. The number of rotatable bonds is 8. The van der Waals surface area contributed by atoms with E-state index in [2.05, 4.69) is 20.1 Å². The molecule has 2 aromatic rings. The standard InChI is InChI=1S/C22H29N5O2S2/c1-30-22-25-24-19(27(22)17-10-5-6-11-17)12-7-13-23-20(28)18-14-31-15-26(18)21(29)16-8-3-2-4-9-16/h2-4,8-9,17-18H,5-7,10-15H2,1H3,(H,23,28)/t18-/m0/s1. The number of aromatic nitrogens is 3. The molecule has 1 N–H and O–H groups in total. The van der Waals surface area contributed by atoms with Gasteiger partial charge in [-0.3, -0.25) is 9.59 Å². The molecular weight excluding hydrogens is 430 g/mol. The lowest BCUT2D eigenvalue weighted by atomic mass is 10.1. The van der Waals surface area contributed by atoms with Gasteiger partial charge in [-0.15, -0.1) is 22.0 Å². The van der Waals surface area contributed by atoms with Crippen molar-refractivity contribution in [2.24, 2.45) is 0 Å². The highest BCUT2D eigenvalue weighted by Crippen LogP contribution is 2.33. The Hall–Kier alpha value is -2.00. The monoisotopic (exact) mass is 459 g/mol. The zero-order valence-electron chi connectivity index (χ0n) is 17.8. The lowest BCUT2D eigenvalue weighted by molar-refractivity contribution is -0.124. The fraction of sp³-hybridized carbons (Fsp3) is 0.545. The quantitative estimate of drug-likeness (QED) is 0.482. The van der Waals surface area contributed by atoms with Crippen molar-refractivity contribution < 1.29 is 9.59 Å². The first-order chi connectivity index (χ1) is 15.2. The molecule has 7 nitrogen and oxygen atoms in total. The third-order valence-corrected chi connectivity index (χ3v) is 7.61. The Balaban J connectivity index is 1.30. The van der Waals surface area contributed by atoms with E-state index in [-0.39, 0.29) is 11.8 Å². The van der Waals surface area contributed by atoms with Crippen molar-refractivity contribution in [1.82, 2.24) is 25.0 Å². The largest absolute Gasteiger partial charge is 0.354 e. The number of thioether (sulfide) groups is 2. The Morgan fingerprint density at radius 1 is 1.19 bits per heavy atom. The Morgan fingerprint density at radius 2 is 1.97 bits per heavy atom. The molecule has 1 aliphatic carbocycles. The zero-order valence-corrected chi connectivity index (χ0v) is 19.5. The van der Waals surface area contributed by atoms with Crippen LogP contribution in [0.1, 0.15) is 54.3 Å². The van der Waals surface area contributed by atoms with Gasteiger partial charge in [0.05, 0.1) is 5.88 Å². The fourth-order valence-electron chi connectivity index (χ4n) is 4.33. The van der Waals surface area contributed by atoms with Crippen LogP contribution in [0.15, 0.2) is 35.5 Å². The molecule has 1 aromatic carbocycles. The molecule has 1 aliphatic heterocycles. The normalized spacial score (nSPS) is 19.1. The van der Waals surface area contributed by atoms with Crippen LogP contribution in [0.3, 0.4) is 0 Å². The van der Waals surface area contributed by atoms with Gasteiger partial charge < -0.3 is 14.8 Å². The highest BCUT2D eigenvalue weighted by atomic mass is 32.2. The topological polar surface area (TPSA) is 80.1 Å². The van der Waals surface area contributed by atoms with Gasteiger partial charge in [0.25, 0.3) is 5.91 Å². The van der Waals surface area contributed by atoms with Crippen LogP contribution < -0.4 is 5.32 Å². The van der Waals surface area contributed by atoms with Crippen molar-refractivity contribution in [3.8, 4) is 0 Å². The first-order valence-electron chi connectivity index (χ1n) is 10.9. The van der Waals surface area contributed by atoms with Gasteiger partial charge in [0, 0.05) is 30.3 Å². The van der Waals surface area contributed by atoms with Crippen LogP contribution in [-0.2, 0) is 11.2 Å². The van der Waals surface area contributed by atoms with Crippen LogP contribution in [0.5, 0.6) is 0 Å². The number of hydrogen-bond acceptors (Lipinski definition) is 6. The summed E-state index contributed by atoms with van der Waals surface area (Å²) in [7, 11) is 0. The first kappa shape index (κ1) is 22.2. The van der Waals surface area contributed by atoms with Crippen molar-refractivity contribution >= 4 is 35.3 Å². The molecule has 1 saturated heterocycles. The second-order valence-corrected chi connectivity index (χ2v) is 9.74. The summed E-state index contributed by atoms with van der Waals surface area (Å²) in [6, 6.07) is 9.26. The van der Waals surface area contributed by atoms with Crippen LogP contribution in [0.25, 0.3) is 0 Å². The molecule has 0 radical (unpaired) electrons. The maximum Gasteiger partial charge on any atom is 0.255 e. The van der Waals surface area contributed by atoms with Crippen molar-refractivity contribution in [2.75, 3.05) is 24.4 Å². The number of nitrogens with zero attached hydrogens (tertiary/aromatic N) is 4. The van der Waals surface area contributed by atoms with E-state index < -0.39 is 6.04 Å². The van der Waals surface area contributed by atoms with Gasteiger partial charge >= 0.3 is 0 Å². The Kier molecular flexibility index (Phi) is 7.55. The highest BCUT2D eigenvalue weighted by molar-refractivity contribution is 7.99. The molecular formula is C22H29N5O2S2. The van der Waals surface area contributed by atoms with Crippen LogP contribution in [0.2, 0.25) is 0 Å². The van der Waals surface area contributed by atoms with E-state index in [0.717, 1.165) is 23.8 Å². The lowest BCUT2D eigenvalue weighted by Crippen LogP contribution is -2.47. The molecule has 1 atom stereocenters. The number of benzene rings is 1. The van der Waals surface area contributed by atoms with E-state index in [1.165, 1.54) is 25.7 Å². The van der Waals surface area contributed by atoms with Crippen LogP contribution in [0.4, 0.5) is 0 Å². The summed E-state index contributed by atoms with van der Waals surface area (Å²) >= 11 is 3.26. The van der Waals surface area contributed by atoms with Gasteiger partial charge in [-0.2, -0.15) is 0 Å². The average molecular weight is 460 g/mol. The van der Waals surface area contributed by atoms with Crippen LogP contribution >= 0.6 is 23.5 Å². The molecule has 4 rings (SSSR count). The maximum absolute atomic E-state index is 12.8. The van der Waals surface area contributed by atoms with Gasteiger partial charge in [0.1, 0.15) is 11.9 Å². The molecule has 2 heterocycles. The summed E-state index contributed by atoms with van der Waals surface area (Å²) < 4.78 is 2.31. The fourth-order valence-corrected chi connectivity index (χ4v) is 6.06. The van der Waals surface area contributed by atoms with E-state index in [0.29, 0.717) is 29.8 Å². The summed E-state index contributed by atoms with van der Waals surface area (Å²) in [6.45, 7) is 0.569. The van der Waals surface area contributed by atoms with Gasteiger partial charge in [-0.1, -0.05) is 42.8 Å². The SMILES string of the molecule is CSc1nnc(CCCNC(=O)[C@@H]2CSCN2C(=O)c2ccccc2)n1C1CCCC1. The molecule has 0 bridgehead atoms. The third kappa shape index (κ3) is 5.09. The minimum Gasteiger partial charge on any atom is -0.354 e. The molecule has 2 aliphatic rings. The average Bonchev–Trinajstić information content (AvgIpc) is 3.56. The predicted octanol–water partition coefficient (Wildman–Crippen LogP) is 3.38. The zero-order chi connectivity index (χ0) is 21.6. The van der Waals surface area contributed by atoms with E-state index >= 15 is 0 Å². The second kappa shape index (κ2) is 10.5. The van der Waals surface area contributed by atoms with Crippen LogP contribution in [-0.4, -0.2) is 62.0 Å². The summed E-state index contributed by atoms with van der Waals surface area (Å²) in [5.74, 6) is 2.05. The molecule has 31 heavy (non-hydrogen) atoms. The highest BCUT2D eigenvalue weighted by Gasteiger charge is 2.34. The number of carbonyl (C=O) groups excluding carboxylic acids is 2. The van der Waals surface area contributed by atoms with Crippen molar-refractivity contribution in [2.45, 2.75) is 55.8 Å². The molecule has 9 heteroatoms. The Bertz CT molecular complexity index is 899. The van der Waals surface area contributed by atoms with Crippen molar-refractivity contribution in [3.63, 3.8) is 0 Å². The van der Waals surface area contributed by atoms with Crippen molar-refractivity contribution in [1.29, 1.82) is 0 Å². The van der Waals surface area contributed by atoms with Crippen LogP contribution in [0, 0.1) is 0 Å². The van der Waals surface area contributed by atoms with E-state index in [4.69, 9.17) is 0 Å². The summed E-state index contributed by atoms with van der Waals surface area (Å²) in [6.07, 6.45) is 8.56. The molecule has 0 unspecified atom stereocenters. The number of hydrogen-bond donors (Lipinski definition) is 1. The van der Waals surface area contributed by atoms with Gasteiger partial charge in [0.2, 0.25) is 5.91 Å². The number of amides is 2. The Morgan fingerprint density at radius 3 is 2.71 bits per heavy atom. The van der Waals surface area contributed by atoms with Gasteiger partial charge in [0.15, 0.2) is 5.16 Å². The Labute approximate surface area is 191 Å². The van der Waals surface area contributed by atoms with Gasteiger partial charge in [-0.05, 0) is 37.7 Å².